The molecule has 0 bridgehead atoms. The summed E-state index contributed by atoms with van der Waals surface area (Å²) in [6, 6.07) is 34.8. The number of fused-ring (bicyclic) bond motifs is 1. The average Bonchev–Trinajstić information content (AvgIpc) is 2.69. The standard InChI is InChI=1S/C25H22/c1-2-10-20(11-3-1)24-18-6-4-12-21(24)14-8-16-23-17-9-15-22-13-5-7-19-25(22)23/h1-7,9-13,15,17-19H,8,14,16H2. The SMILES string of the molecule is c1ccc(-c2ccccc2CCCc2cccc3ccccc23)cc1. The highest BCUT2D eigenvalue weighted by molar-refractivity contribution is 5.85. The van der Waals surface area contributed by atoms with Gasteiger partial charge >= 0.3 is 0 Å². The van der Waals surface area contributed by atoms with Crippen molar-refractivity contribution >= 4 is 10.8 Å². The smallest absolute Gasteiger partial charge is 0.0152 e. The first kappa shape index (κ1) is 15.7. The first-order valence-corrected chi connectivity index (χ1v) is 9.02. The zero-order chi connectivity index (χ0) is 16.9. The minimum Gasteiger partial charge on any atom is -0.0622 e. The summed E-state index contributed by atoms with van der Waals surface area (Å²) in [7, 11) is 0. The van der Waals surface area contributed by atoms with E-state index in [1.807, 2.05) is 0 Å². The summed E-state index contributed by atoms with van der Waals surface area (Å²) in [4.78, 5) is 0. The summed E-state index contributed by atoms with van der Waals surface area (Å²) in [5.74, 6) is 0. The Bertz CT molecular complexity index is 962. The first-order chi connectivity index (χ1) is 12.4. The number of hydrogen-bond donors (Lipinski definition) is 0. The molecular weight excluding hydrogens is 300 g/mol. The Labute approximate surface area is 149 Å². The first-order valence-electron chi connectivity index (χ1n) is 9.02. The van der Waals surface area contributed by atoms with Gasteiger partial charge in [-0.25, -0.2) is 0 Å². The van der Waals surface area contributed by atoms with Gasteiger partial charge in [-0.3, -0.25) is 0 Å². The summed E-state index contributed by atoms with van der Waals surface area (Å²) in [6.07, 6.45) is 3.39. The van der Waals surface area contributed by atoms with Gasteiger partial charge in [0.15, 0.2) is 0 Å². The Kier molecular flexibility index (Phi) is 4.61. The molecule has 0 amide bonds. The van der Waals surface area contributed by atoms with Crippen LogP contribution in [-0.2, 0) is 12.8 Å². The molecule has 0 aromatic heterocycles. The van der Waals surface area contributed by atoms with E-state index in [1.54, 1.807) is 0 Å². The van der Waals surface area contributed by atoms with Crippen molar-refractivity contribution < 1.29 is 0 Å². The normalized spacial score (nSPS) is 10.9. The monoisotopic (exact) mass is 322 g/mol. The van der Waals surface area contributed by atoms with Gasteiger partial charge in [-0.15, -0.1) is 0 Å². The van der Waals surface area contributed by atoms with E-state index in [2.05, 4.69) is 97.1 Å². The number of hydrogen-bond acceptors (Lipinski definition) is 0. The van der Waals surface area contributed by atoms with Gasteiger partial charge < -0.3 is 0 Å². The van der Waals surface area contributed by atoms with Crippen molar-refractivity contribution in [3.05, 3.63) is 108 Å². The van der Waals surface area contributed by atoms with Crippen LogP contribution in [-0.4, -0.2) is 0 Å². The molecule has 122 valence electrons. The Hall–Kier alpha value is -2.86. The molecule has 0 atom stereocenters. The molecule has 0 fully saturated rings. The summed E-state index contributed by atoms with van der Waals surface area (Å²) in [6.45, 7) is 0. The van der Waals surface area contributed by atoms with Crippen molar-refractivity contribution in [1.82, 2.24) is 0 Å². The topological polar surface area (TPSA) is 0 Å². The van der Waals surface area contributed by atoms with E-state index in [0.717, 1.165) is 19.3 Å². The molecule has 0 saturated carbocycles. The molecule has 0 nitrogen and oxygen atoms in total. The largest absolute Gasteiger partial charge is 0.0622 e. The van der Waals surface area contributed by atoms with Crippen LogP contribution < -0.4 is 0 Å². The van der Waals surface area contributed by atoms with E-state index in [0.29, 0.717) is 0 Å². The van der Waals surface area contributed by atoms with Crippen molar-refractivity contribution in [2.75, 3.05) is 0 Å². The second kappa shape index (κ2) is 7.36. The third-order valence-corrected chi connectivity index (χ3v) is 4.87. The van der Waals surface area contributed by atoms with Crippen molar-refractivity contribution in [2.45, 2.75) is 19.3 Å². The van der Waals surface area contributed by atoms with Crippen molar-refractivity contribution in [3.8, 4) is 11.1 Å². The van der Waals surface area contributed by atoms with Crippen LogP contribution in [0.2, 0.25) is 0 Å². The maximum absolute atomic E-state index is 2.27. The molecule has 0 aliphatic carbocycles. The highest BCUT2D eigenvalue weighted by Gasteiger charge is 2.05. The molecule has 0 spiro atoms. The van der Waals surface area contributed by atoms with Crippen LogP contribution in [0.4, 0.5) is 0 Å². The van der Waals surface area contributed by atoms with E-state index in [1.165, 1.54) is 33.0 Å². The summed E-state index contributed by atoms with van der Waals surface area (Å²) in [5, 5.41) is 2.73. The minimum absolute atomic E-state index is 1.11. The third kappa shape index (κ3) is 3.49. The van der Waals surface area contributed by atoms with Crippen molar-refractivity contribution in [1.29, 1.82) is 0 Å². The third-order valence-electron chi connectivity index (χ3n) is 4.87. The fraction of sp³-hybridized carbons (Fsp3) is 0.120. The van der Waals surface area contributed by atoms with Crippen molar-refractivity contribution in [3.63, 3.8) is 0 Å². The Morgan fingerprint density at radius 1 is 0.480 bits per heavy atom. The number of rotatable bonds is 5. The molecule has 0 heterocycles. The zero-order valence-electron chi connectivity index (χ0n) is 14.4. The van der Waals surface area contributed by atoms with E-state index in [-0.39, 0.29) is 0 Å². The van der Waals surface area contributed by atoms with E-state index in [9.17, 15) is 0 Å². The van der Waals surface area contributed by atoms with Crippen LogP contribution >= 0.6 is 0 Å². The highest BCUT2D eigenvalue weighted by Crippen LogP contribution is 2.26. The van der Waals surface area contributed by atoms with Gasteiger partial charge in [0, 0.05) is 0 Å². The van der Waals surface area contributed by atoms with Crippen LogP contribution in [0.1, 0.15) is 17.5 Å². The van der Waals surface area contributed by atoms with Gasteiger partial charge in [-0.05, 0) is 52.3 Å². The summed E-state index contributed by atoms with van der Waals surface area (Å²) >= 11 is 0. The van der Waals surface area contributed by atoms with E-state index < -0.39 is 0 Å². The molecule has 4 aromatic rings. The quantitative estimate of drug-likeness (QED) is 0.384. The predicted octanol–water partition coefficient (Wildman–Crippen LogP) is 6.68. The molecule has 0 aliphatic heterocycles. The summed E-state index contributed by atoms with van der Waals surface area (Å²) in [5.41, 5.74) is 5.56. The molecule has 0 unspecified atom stereocenters. The Morgan fingerprint density at radius 3 is 2.04 bits per heavy atom. The molecule has 0 radical (unpaired) electrons. The van der Waals surface area contributed by atoms with Crippen molar-refractivity contribution in [2.24, 2.45) is 0 Å². The fourth-order valence-corrected chi connectivity index (χ4v) is 3.62. The molecule has 4 aromatic carbocycles. The lowest BCUT2D eigenvalue weighted by molar-refractivity contribution is 0.826. The van der Waals surface area contributed by atoms with Crippen LogP contribution in [0.15, 0.2) is 97.1 Å². The van der Waals surface area contributed by atoms with E-state index in [4.69, 9.17) is 0 Å². The summed E-state index contributed by atoms with van der Waals surface area (Å²) < 4.78 is 0. The molecular formula is C25H22. The molecule has 0 aliphatic rings. The van der Waals surface area contributed by atoms with Gasteiger partial charge in [0.2, 0.25) is 0 Å². The number of benzene rings is 4. The zero-order valence-corrected chi connectivity index (χ0v) is 14.4. The van der Waals surface area contributed by atoms with Gasteiger partial charge in [-0.2, -0.15) is 0 Å². The molecule has 0 N–H and O–H groups in total. The molecule has 4 rings (SSSR count). The van der Waals surface area contributed by atoms with E-state index >= 15 is 0 Å². The van der Waals surface area contributed by atoms with Gasteiger partial charge in [-0.1, -0.05) is 97.1 Å². The van der Waals surface area contributed by atoms with Gasteiger partial charge in [0.05, 0.1) is 0 Å². The van der Waals surface area contributed by atoms with Crippen LogP contribution in [0.3, 0.4) is 0 Å². The second-order valence-corrected chi connectivity index (χ2v) is 6.51. The van der Waals surface area contributed by atoms with Crippen LogP contribution in [0, 0.1) is 0 Å². The van der Waals surface area contributed by atoms with Gasteiger partial charge in [0.1, 0.15) is 0 Å². The fourth-order valence-electron chi connectivity index (χ4n) is 3.62. The van der Waals surface area contributed by atoms with Gasteiger partial charge in [0.25, 0.3) is 0 Å². The second-order valence-electron chi connectivity index (χ2n) is 6.51. The Morgan fingerprint density at radius 2 is 1.12 bits per heavy atom. The predicted molar refractivity (Wildman–Crippen MR) is 108 cm³/mol. The highest BCUT2D eigenvalue weighted by atomic mass is 14.1. The maximum Gasteiger partial charge on any atom is -0.0152 e. The maximum atomic E-state index is 2.27. The minimum atomic E-state index is 1.11. The van der Waals surface area contributed by atoms with Crippen LogP contribution in [0.25, 0.3) is 21.9 Å². The number of aryl methyl sites for hydroxylation is 2. The Balaban J connectivity index is 1.53. The molecule has 0 heteroatoms. The van der Waals surface area contributed by atoms with Crippen LogP contribution in [0.5, 0.6) is 0 Å². The average molecular weight is 322 g/mol. The lowest BCUT2D eigenvalue weighted by Crippen LogP contribution is -1.94. The molecule has 0 saturated heterocycles. The molecule has 25 heavy (non-hydrogen) atoms. The lowest BCUT2D eigenvalue weighted by atomic mass is 9.94. The lowest BCUT2D eigenvalue weighted by Gasteiger charge is -2.11.